The molecule has 0 spiro atoms. The van der Waals surface area contributed by atoms with Crippen molar-refractivity contribution in [3.05, 3.63) is 36.2 Å². The monoisotopic (exact) mass is 392 g/mol. The maximum Gasteiger partial charge on any atom is 0.0343 e. The molecule has 0 amide bonds. The Morgan fingerprint density at radius 2 is 1.83 bits per heavy atom. The zero-order valence-electron chi connectivity index (χ0n) is 19.2. The third kappa shape index (κ3) is 2.67. The molecule has 0 bridgehead atoms. The molecule has 0 aliphatic heterocycles. The van der Waals surface area contributed by atoms with Crippen LogP contribution < -0.4 is 0 Å². The van der Waals surface area contributed by atoms with E-state index in [4.69, 9.17) is 0 Å². The van der Waals surface area contributed by atoms with Crippen LogP contribution in [-0.2, 0) is 0 Å². The van der Waals surface area contributed by atoms with Crippen molar-refractivity contribution in [2.75, 3.05) is 14.1 Å². The van der Waals surface area contributed by atoms with Gasteiger partial charge in [0, 0.05) is 18.4 Å². The Morgan fingerprint density at radius 3 is 2.55 bits per heavy atom. The van der Waals surface area contributed by atoms with Crippen molar-refractivity contribution >= 4 is 5.57 Å². The van der Waals surface area contributed by atoms with Gasteiger partial charge in [0.2, 0.25) is 0 Å². The molecule has 4 aliphatic rings. The second kappa shape index (κ2) is 6.67. The summed E-state index contributed by atoms with van der Waals surface area (Å²) in [6.07, 6.45) is 17.8. The smallest absolute Gasteiger partial charge is 0.0343 e. The zero-order valence-corrected chi connectivity index (χ0v) is 19.2. The first-order valence-electron chi connectivity index (χ1n) is 12.1. The normalized spacial score (nSPS) is 46.6. The van der Waals surface area contributed by atoms with Crippen LogP contribution >= 0.6 is 0 Å². The maximum absolute atomic E-state index is 4.44. The summed E-state index contributed by atoms with van der Waals surface area (Å²) >= 11 is 0. The first-order chi connectivity index (χ1) is 13.8. The second-order valence-electron chi connectivity index (χ2n) is 11.7. The number of nitrogens with zero attached hydrogens (tertiary/aromatic N) is 2. The fourth-order valence-electron chi connectivity index (χ4n) is 8.59. The van der Waals surface area contributed by atoms with Gasteiger partial charge in [0.05, 0.1) is 0 Å². The fraction of sp³-hybridized carbons (Fsp3) is 0.741. The standard InChI is InChI=1S/C27H40N2/c1-25-13-10-21(29(4)5)17-20(25)8-9-24-23(25)12-15-26(2)22(11-14-27(24,26)3)19-7-6-16-28-18-19/h6-7,11,16,18,20-21,23-24H,8-10,12-15,17H2,1-5H3. The predicted octanol–water partition coefficient (Wildman–Crippen LogP) is 6.44. The van der Waals surface area contributed by atoms with E-state index in [2.05, 4.69) is 69.2 Å². The number of pyridine rings is 1. The molecule has 1 aromatic rings. The van der Waals surface area contributed by atoms with E-state index in [0.29, 0.717) is 16.2 Å². The Morgan fingerprint density at radius 1 is 1.00 bits per heavy atom. The summed E-state index contributed by atoms with van der Waals surface area (Å²) < 4.78 is 0. The van der Waals surface area contributed by atoms with E-state index in [0.717, 1.165) is 23.8 Å². The number of rotatable bonds is 2. The molecule has 7 unspecified atom stereocenters. The lowest BCUT2D eigenvalue weighted by Gasteiger charge is -2.65. The van der Waals surface area contributed by atoms with Gasteiger partial charge in [-0.3, -0.25) is 4.98 Å². The van der Waals surface area contributed by atoms with Gasteiger partial charge in [-0.1, -0.05) is 32.9 Å². The van der Waals surface area contributed by atoms with Crippen molar-refractivity contribution in [1.29, 1.82) is 0 Å². The molecule has 3 fully saturated rings. The van der Waals surface area contributed by atoms with Gasteiger partial charge in [-0.2, -0.15) is 0 Å². The Hall–Kier alpha value is -1.15. The topological polar surface area (TPSA) is 16.1 Å². The highest BCUT2D eigenvalue weighted by molar-refractivity contribution is 5.73. The van der Waals surface area contributed by atoms with Gasteiger partial charge in [-0.05, 0) is 117 Å². The van der Waals surface area contributed by atoms with Crippen LogP contribution in [0.3, 0.4) is 0 Å². The summed E-state index contributed by atoms with van der Waals surface area (Å²) in [7, 11) is 4.58. The van der Waals surface area contributed by atoms with Crippen molar-refractivity contribution in [3.63, 3.8) is 0 Å². The van der Waals surface area contributed by atoms with E-state index >= 15 is 0 Å². The van der Waals surface area contributed by atoms with Gasteiger partial charge in [-0.25, -0.2) is 0 Å². The molecule has 5 rings (SSSR count). The maximum atomic E-state index is 4.44. The third-order valence-corrected chi connectivity index (χ3v) is 10.7. The zero-order chi connectivity index (χ0) is 20.4. The Balaban J connectivity index is 1.45. The molecule has 1 aromatic heterocycles. The van der Waals surface area contributed by atoms with Crippen molar-refractivity contribution < 1.29 is 0 Å². The molecule has 158 valence electrons. The van der Waals surface area contributed by atoms with E-state index in [1.807, 2.05) is 6.20 Å². The first-order valence-corrected chi connectivity index (χ1v) is 12.1. The highest BCUT2D eigenvalue weighted by Gasteiger charge is 2.63. The van der Waals surface area contributed by atoms with Crippen molar-refractivity contribution in [2.45, 2.75) is 78.2 Å². The quantitative estimate of drug-likeness (QED) is 0.576. The summed E-state index contributed by atoms with van der Waals surface area (Å²) in [4.78, 5) is 6.94. The number of hydrogen-bond acceptors (Lipinski definition) is 2. The largest absolute Gasteiger partial charge is 0.306 e. The molecule has 2 heteroatoms. The summed E-state index contributed by atoms with van der Waals surface area (Å²) in [6.45, 7) is 7.93. The predicted molar refractivity (Wildman–Crippen MR) is 121 cm³/mol. The van der Waals surface area contributed by atoms with Crippen molar-refractivity contribution in [3.8, 4) is 0 Å². The number of aromatic nitrogens is 1. The molecule has 7 atom stereocenters. The highest BCUT2D eigenvalue weighted by atomic mass is 15.1. The number of hydrogen-bond donors (Lipinski definition) is 0. The van der Waals surface area contributed by atoms with Crippen LogP contribution in [0.25, 0.3) is 5.57 Å². The van der Waals surface area contributed by atoms with E-state index in [1.54, 1.807) is 5.57 Å². The molecule has 3 saturated carbocycles. The summed E-state index contributed by atoms with van der Waals surface area (Å²) in [5.74, 6) is 2.73. The lowest BCUT2D eigenvalue weighted by atomic mass is 9.40. The minimum absolute atomic E-state index is 0.307. The van der Waals surface area contributed by atoms with Gasteiger partial charge in [0.1, 0.15) is 0 Å². The van der Waals surface area contributed by atoms with Crippen LogP contribution in [0.4, 0.5) is 0 Å². The molecular formula is C27H40N2. The van der Waals surface area contributed by atoms with Crippen molar-refractivity contribution in [2.24, 2.45) is 34.0 Å². The molecule has 0 aromatic carbocycles. The van der Waals surface area contributed by atoms with Gasteiger partial charge in [-0.15, -0.1) is 0 Å². The molecular weight excluding hydrogens is 352 g/mol. The van der Waals surface area contributed by atoms with Gasteiger partial charge in [0.25, 0.3) is 0 Å². The number of allylic oxidation sites excluding steroid dienone is 2. The molecule has 4 aliphatic carbocycles. The molecule has 29 heavy (non-hydrogen) atoms. The molecule has 0 N–H and O–H groups in total. The van der Waals surface area contributed by atoms with Gasteiger partial charge < -0.3 is 4.90 Å². The average molecular weight is 393 g/mol. The van der Waals surface area contributed by atoms with Crippen LogP contribution in [-0.4, -0.2) is 30.0 Å². The van der Waals surface area contributed by atoms with Crippen LogP contribution in [0.2, 0.25) is 0 Å². The average Bonchev–Trinajstić information content (AvgIpc) is 2.99. The van der Waals surface area contributed by atoms with Crippen LogP contribution in [0.5, 0.6) is 0 Å². The Labute approximate surface area is 178 Å². The SMILES string of the molecule is CN(C)C1CCC2(C)C(CCC3C2CCC2(C)C(c4cccnc4)=CCC32C)C1. The summed E-state index contributed by atoms with van der Waals surface area (Å²) in [6, 6.07) is 5.19. The minimum atomic E-state index is 0.307. The minimum Gasteiger partial charge on any atom is -0.306 e. The molecule has 1 heterocycles. The van der Waals surface area contributed by atoms with Crippen LogP contribution in [0, 0.1) is 34.0 Å². The Bertz CT molecular complexity index is 798. The van der Waals surface area contributed by atoms with E-state index < -0.39 is 0 Å². The van der Waals surface area contributed by atoms with Crippen LogP contribution in [0.1, 0.15) is 77.7 Å². The molecule has 0 saturated heterocycles. The number of fused-ring (bicyclic) bond motifs is 5. The van der Waals surface area contributed by atoms with E-state index in [9.17, 15) is 0 Å². The lowest BCUT2D eigenvalue weighted by molar-refractivity contribution is -0.140. The molecule has 2 nitrogen and oxygen atoms in total. The second-order valence-corrected chi connectivity index (χ2v) is 11.7. The summed E-state index contributed by atoms with van der Waals surface area (Å²) in [5.41, 5.74) is 4.24. The molecule has 0 radical (unpaired) electrons. The van der Waals surface area contributed by atoms with E-state index in [-0.39, 0.29) is 0 Å². The van der Waals surface area contributed by atoms with E-state index in [1.165, 1.54) is 56.9 Å². The van der Waals surface area contributed by atoms with Gasteiger partial charge >= 0.3 is 0 Å². The lowest BCUT2D eigenvalue weighted by Crippen LogP contribution is -2.58. The summed E-state index contributed by atoms with van der Waals surface area (Å²) in [5, 5.41) is 0. The van der Waals surface area contributed by atoms with Gasteiger partial charge in [0.15, 0.2) is 0 Å². The Kier molecular flexibility index (Phi) is 4.55. The van der Waals surface area contributed by atoms with Crippen LogP contribution in [0.15, 0.2) is 30.6 Å². The van der Waals surface area contributed by atoms with Crippen molar-refractivity contribution in [1.82, 2.24) is 9.88 Å². The highest BCUT2D eigenvalue weighted by Crippen LogP contribution is 2.72. The third-order valence-electron chi connectivity index (χ3n) is 10.7. The first kappa shape index (κ1) is 19.8. The fourth-order valence-corrected chi connectivity index (χ4v) is 8.59.